The van der Waals surface area contributed by atoms with Crippen LogP contribution >= 0.6 is 38.6 Å². The maximum atomic E-state index is 13.2. The zero-order valence-corrected chi connectivity index (χ0v) is 13.3. The molecule has 1 unspecified atom stereocenters. The summed E-state index contributed by atoms with van der Waals surface area (Å²) in [5, 5.41) is 1.05. The van der Waals surface area contributed by atoms with E-state index in [2.05, 4.69) is 28.9 Å². The average Bonchev–Trinajstić information content (AvgIpc) is 2.92. The summed E-state index contributed by atoms with van der Waals surface area (Å²) in [6.07, 6.45) is 0. The van der Waals surface area contributed by atoms with Crippen LogP contribution in [-0.2, 0) is 0 Å². The summed E-state index contributed by atoms with van der Waals surface area (Å²) in [7, 11) is 0. The van der Waals surface area contributed by atoms with Crippen LogP contribution in [0.4, 0.5) is 4.39 Å². The lowest BCUT2D eigenvalue weighted by Crippen LogP contribution is -2.07. The van der Waals surface area contributed by atoms with Gasteiger partial charge in [0.15, 0.2) is 0 Å². The van der Waals surface area contributed by atoms with Gasteiger partial charge >= 0.3 is 0 Å². The van der Waals surface area contributed by atoms with E-state index in [1.165, 1.54) is 11.6 Å². The number of halogens is 2. The topological polar surface area (TPSA) is 26.0 Å². The van der Waals surface area contributed by atoms with Crippen LogP contribution in [0.2, 0.25) is 0 Å². The zero-order valence-electron chi connectivity index (χ0n) is 10.1. The smallest absolute Gasteiger partial charge is 0.124 e. The summed E-state index contributed by atoms with van der Waals surface area (Å²) >= 11 is 6.73. The lowest BCUT2D eigenvalue weighted by Gasteiger charge is -2.05. The second-order valence-electron chi connectivity index (χ2n) is 4.41. The number of hydrogen-bond acceptors (Lipinski definition) is 3. The third-order valence-corrected chi connectivity index (χ3v) is 6.39. The van der Waals surface area contributed by atoms with Gasteiger partial charge < -0.3 is 5.73 Å². The zero-order chi connectivity index (χ0) is 13.6. The Hall–Kier alpha value is -0.750. The Kier molecular flexibility index (Phi) is 3.47. The standard InChI is InChI=1S/C14H11BrFNS2/c1-7-4-11(19-14(7)15)13(17)12-5-8-2-3-9(16)6-10(8)18-12/h2-6,13H,17H2,1H3. The third-order valence-electron chi connectivity index (χ3n) is 2.99. The Balaban J connectivity index is 2.03. The van der Waals surface area contributed by atoms with Gasteiger partial charge in [0, 0.05) is 14.5 Å². The van der Waals surface area contributed by atoms with Gasteiger partial charge in [-0.1, -0.05) is 6.07 Å². The highest BCUT2D eigenvalue weighted by molar-refractivity contribution is 9.11. The van der Waals surface area contributed by atoms with Crippen LogP contribution < -0.4 is 5.73 Å². The van der Waals surface area contributed by atoms with Crippen LogP contribution in [0.15, 0.2) is 34.1 Å². The molecular formula is C14H11BrFNS2. The third kappa shape index (κ3) is 2.48. The van der Waals surface area contributed by atoms with Crippen molar-refractivity contribution in [2.45, 2.75) is 13.0 Å². The minimum absolute atomic E-state index is 0.143. The number of rotatable bonds is 2. The van der Waals surface area contributed by atoms with Gasteiger partial charge in [-0.2, -0.15) is 0 Å². The normalized spacial score (nSPS) is 13.1. The first-order chi connectivity index (χ1) is 9.04. The summed E-state index contributed by atoms with van der Waals surface area (Å²) in [6.45, 7) is 2.05. The van der Waals surface area contributed by atoms with E-state index in [-0.39, 0.29) is 11.9 Å². The van der Waals surface area contributed by atoms with Crippen LogP contribution in [0.5, 0.6) is 0 Å². The minimum atomic E-state index is -0.204. The van der Waals surface area contributed by atoms with Crippen molar-refractivity contribution < 1.29 is 4.39 Å². The fourth-order valence-electron chi connectivity index (χ4n) is 1.96. The first-order valence-electron chi connectivity index (χ1n) is 5.75. The molecule has 3 aromatic rings. The molecule has 0 aliphatic heterocycles. The predicted molar refractivity (Wildman–Crippen MR) is 84.6 cm³/mol. The lowest BCUT2D eigenvalue weighted by atomic mass is 10.1. The Morgan fingerprint density at radius 3 is 2.58 bits per heavy atom. The molecule has 0 aliphatic rings. The van der Waals surface area contributed by atoms with Crippen LogP contribution in [0.25, 0.3) is 10.1 Å². The van der Waals surface area contributed by atoms with Crippen molar-refractivity contribution in [1.29, 1.82) is 0 Å². The average molecular weight is 356 g/mol. The van der Waals surface area contributed by atoms with Crippen molar-refractivity contribution in [2.24, 2.45) is 5.73 Å². The molecule has 3 rings (SSSR count). The van der Waals surface area contributed by atoms with Gasteiger partial charge in [0.05, 0.1) is 9.83 Å². The molecule has 2 aromatic heterocycles. The number of fused-ring (bicyclic) bond motifs is 1. The van der Waals surface area contributed by atoms with Gasteiger partial charge in [-0.15, -0.1) is 22.7 Å². The number of benzene rings is 1. The van der Waals surface area contributed by atoms with E-state index in [0.717, 1.165) is 23.6 Å². The van der Waals surface area contributed by atoms with Crippen molar-refractivity contribution in [3.8, 4) is 0 Å². The Labute approximate surface area is 127 Å². The highest BCUT2D eigenvalue weighted by Gasteiger charge is 2.16. The number of nitrogens with two attached hydrogens (primary N) is 1. The van der Waals surface area contributed by atoms with E-state index in [0.29, 0.717) is 0 Å². The molecule has 0 amide bonds. The summed E-state index contributed by atoms with van der Waals surface area (Å²) in [4.78, 5) is 2.19. The minimum Gasteiger partial charge on any atom is -0.319 e. The van der Waals surface area contributed by atoms with E-state index in [1.807, 2.05) is 6.07 Å². The predicted octanol–water partition coefficient (Wildman–Crippen LogP) is 5.22. The molecule has 2 N–H and O–H groups in total. The fourth-order valence-corrected chi connectivity index (χ4v) is 4.73. The molecule has 0 aliphatic carbocycles. The molecular weight excluding hydrogens is 345 g/mol. The van der Waals surface area contributed by atoms with Gasteiger partial charge in [-0.05, 0) is 58.1 Å². The molecule has 19 heavy (non-hydrogen) atoms. The number of hydrogen-bond donors (Lipinski definition) is 1. The van der Waals surface area contributed by atoms with Crippen LogP contribution in [0, 0.1) is 12.7 Å². The fraction of sp³-hybridized carbons (Fsp3) is 0.143. The van der Waals surface area contributed by atoms with Crippen molar-refractivity contribution in [3.05, 3.63) is 55.3 Å². The van der Waals surface area contributed by atoms with Gasteiger partial charge in [0.1, 0.15) is 5.82 Å². The number of aryl methyl sites for hydroxylation is 1. The molecule has 0 saturated carbocycles. The van der Waals surface area contributed by atoms with E-state index < -0.39 is 0 Å². The second kappa shape index (κ2) is 4.98. The highest BCUT2D eigenvalue weighted by atomic mass is 79.9. The van der Waals surface area contributed by atoms with E-state index in [9.17, 15) is 4.39 Å². The van der Waals surface area contributed by atoms with Crippen molar-refractivity contribution in [3.63, 3.8) is 0 Å². The van der Waals surface area contributed by atoms with E-state index in [1.54, 1.807) is 34.8 Å². The van der Waals surface area contributed by atoms with Crippen molar-refractivity contribution in [1.82, 2.24) is 0 Å². The largest absolute Gasteiger partial charge is 0.319 e. The molecule has 0 radical (unpaired) electrons. The molecule has 1 aromatic carbocycles. The second-order valence-corrected chi connectivity index (χ2v) is 7.93. The van der Waals surface area contributed by atoms with E-state index >= 15 is 0 Å². The first-order valence-corrected chi connectivity index (χ1v) is 8.17. The summed E-state index contributed by atoms with van der Waals surface area (Å²) < 4.78 is 15.3. The van der Waals surface area contributed by atoms with Gasteiger partial charge in [0.2, 0.25) is 0 Å². The maximum absolute atomic E-state index is 13.2. The van der Waals surface area contributed by atoms with Crippen molar-refractivity contribution >= 4 is 48.7 Å². The first kappa shape index (κ1) is 13.2. The van der Waals surface area contributed by atoms with Crippen LogP contribution in [-0.4, -0.2) is 0 Å². The van der Waals surface area contributed by atoms with Crippen molar-refractivity contribution in [2.75, 3.05) is 0 Å². The molecule has 98 valence electrons. The van der Waals surface area contributed by atoms with Crippen LogP contribution in [0.3, 0.4) is 0 Å². The lowest BCUT2D eigenvalue weighted by molar-refractivity contribution is 0.630. The Morgan fingerprint density at radius 2 is 1.89 bits per heavy atom. The van der Waals surface area contributed by atoms with Gasteiger partial charge in [-0.3, -0.25) is 0 Å². The molecule has 0 bridgehead atoms. The summed E-state index contributed by atoms with van der Waals surface area (Å²) in [5.41, 5.74) is 7.50. The SMILES string of the molecule is Cc1cc(C(N)c2cc3ccc(F)cc3s2)sc1Br. The van der Waals surface area contributed by atoms with Gasteiger partial charge in [0.25, 0.3) is 0 Å². The monoisotopic (exact) mass is 355 g/mol. The Bertz CT molecular complexity index is 728. The molecule has 5 heteroatoms. The number of thiophene rings is 2. The molecule has 0 saturated heterocycles. The molecule has 2 heterocycles. The Morgan fingerprint density at radius 1 is 1.16 bits per heavy atom. The van der Waals surface area contributed by atoms with Crippen LogP contribution in [0.1, 0.15) is 21.4 Å². The molecule has 0 fully saturated rings. The summed E-state index contributed by atoms with van der Waals surface area (Å²) in [6, 6.07) is 8.85. The molecule has 1 atom stereocenters. The van der Waals surface area contributed by atoms with Gasteiger partial charge in [-0.25, -0.2) is 4.39 Å². The summed E-state index contributed by atoms with van der Waals surface area (Å²) in [5.74, 6) is -0.204. The maximum Gasteiger partial charge on any atom is 0.124 e. The quantitative estimate of drug-likeness (QED) is 0.669. The molecule has 1 nitrogen and oxygen atoms in total. The molecule has 0 spiro atoms. The van der Waals surface area contributed by atoms with E-state index in [4.69, 9.17) is 5.73 Å². The highest BCUT2D eigenvalue weighted by Crippen LogP contribution is 2.37.